The normalized spacial score (nSPS) is 15.9. The van der Waals surface area contributed by atoms with Gasteiger partial charge in [-0.05, 0) is 37.6 Å². The van der Waals surface area contributed by atoms with Crippen molar-refractivity contribution in [1.29, 1.82) is 0 Å². The molecule has 8 heteroatoms. The molecule has 1 amide bonds. The molecule has 5 rings (SSSR count). The highest BCUT2D eigenvalue weighted by Crippen LogP contribution is 2.26. The van der Waals surface area contributed by atoms with Gasteiger partial charge < -0.3 is 14.6 Å². The van der Waals surface area contributed by atoms with Crippen LogP contribution in [0.2, 0.25) is 0 Å². The second-order valence-electron chi connectivity index (χ2n) is 8.36. The minimum atomic E-state index is 0. The monoisotopic (exact) mass is 456 g/mol. The zero-order valence-corrected chi connectivity index (χ0v) is 19.2. The van der Waals surface area contributed by atoms with Crippen LogP contribution in [-0.4, -0.2) is 56.6 Å². The van der Waals surface area contributed by atoms with E-state index >= 15 is 0 Å². The van der Waals surface area contributed by atoms with Gasteiger partial charge in [-0.3, -0.25) is 9.78 Å². The third-order valence-corrected chi connectivity index (χ3v) is 6.07. The Labute approximate surface area is 199 Å². The SMILES string of the molecule is CCC1CN(C(=O)c2ccc(-c3cnc(C)c(-c4nnc(-c5ccccc5)o4)n3)cc2)CCN1.[HH]. The zero-order chi connectivity index (χ0) is 23.5. The first-order chi connectivity index (χ1) is 16.6. The minimum absolute atomic E-state index is 0. The molecule has 1 saturated heterocycles. The summed E-state index contributed by atoms with van der Waals surface area (Å²) in [4.78, 5) is 24.1. The van der Waals surface area contributed by atoms with Gasteiger partial charge in [-0.25, -0.2) is 4.98 Å². The third-order valence-electron chi connectivity index (χ3n) is 6.07. The molecule has 34 heavy (non-hydrogen) atoms. The number of nitrogens with zero attached hydrogens (tertiary/aromatic N) is 5. The summed E-state index contributed by atoms with van der Waals surface area (Å²) in [5.41, 5.74) is 4.29. The fraction of sp³-hybridized carbons (Fsp3) is 0.269. The molecule has 1 atom stereocenters. The topological polar surface area (TPSA) is 97.0 Å². The van der Waals surface area contributed by atoms with E-state index in [1.807, 2.05) is 66.4 Å². The summed E-state index contributed by atoms with van der Waals surface area (Å²) >= 11 is 0. The number of hydrogen-bond acceptors (Lipinski definition) is 7. The summed E-state index contributed by atoms with van der Waals surface area (Å²) in [7, 11) is 0. The van der Waals surface area contributed by atoms with Gasteiger partial charge in [0.1, 0.15) is 5.69 Å². The van der Waals surface area contributed by atoms with E-state index in [0.717, 1.165) is 37.2 Å². The first kappa shape index (κ1) is 21.9. The van der Waals surface area contributed by atoms with Crippen molar-refractivity contribution in [2.45, 2.75) is 26.3 Å². The molecule has 1 N–H and O–H groups in total. The van der Waals surface area contributed by atoms with Crippen molar-refractivity contribution in [3.8, 4) is 34.3 Å². The smallest absolute Gasteiger partial charge is 0.268 e. The van der Waals surface area contributed by atoms with Crippen molar-refractivity contribution >= 4 is 5.91 Å². The molecule has 1 aliphatic heterocycles. The average molecular weight is 457 g/mol. The summed E-state index contributed by atoms with van der Waals surface area (Å²) in [6, 6.07) is 17.5. The number of amides is 1. The maximum Gasteiger partial charge on any atom is 0.268 e. The second kappa shape index (κ2) is 9.52. The minimum Gasteiger partial charge on any atom is -0.415 e. The van der Waals surface area contributed by atoms with Crippen molar-refractivity contribution < 1.29 is 10.6 Å². The van der Waals surface area contributed by atoms with Crippen molar-refractivity contribution in [2.24, 2.45) is 0 Å². The van der Waals surface area contributed by atoms with Gasteiger partial charge >= 0.3 is 0 Å². The summed E-state index contributed by atoms with van der Waals surface area (Å²) in [6.45, 7) is 6.27. The number of aromatic nitrogens is 4. The number of carbonyl (C=O) groups excluding carboxylic acids is 1. The van der Waals surface area contributed by atoms with Crippen LogP contribution in [0, 0.1) is 6.92 Å². The molecule has 4 aromatic rings. The molecule has 0 radical (unpaired) electrons. The van der Waals surface area contributed by atoms with Crippen LogP contribution < -0.4 is 5.32 Å². The highest BCUT2D eigenvalue weighted by atomic mass is 16.4. The molecule has 2 aromatic carbocycles. The Morgan fingerprint density at radius 2 is 1.85 bits per heavy atom. The summed E-state index contributed by atoms with van der Waals surface area (Å²) < 4.78 is 5.88. The number of carbonyl (C=O) groups is 1. The van der Waals surface area contributed by atoms with Gasteiger partial charge in [-0.1, -0.05) is 37.3 Å². The first-order valence-corrected chi connectivity index (χ1v) is 11.5. The number of nitrogens with one attached hydrogen (secondary N) is 1. The van der Waals surface area contributed by atoms with Gasteiger partial charge in [0.25, 0.3) is 11.8 Å². The van der Waals surface area contributed by atoms with Gasteiger partial charge in [0.15, 0.2) is 0 Å². The van der Waals surface area contributed by atoms with E-state index in [2.05, 4.69) is 27.4 Å². The Balaban J connectivity index is 0.00000289. The number of aryl methyl sites for hydroxylation is 1. The molecule has 0 spiro atoms. The fourth-order valence-corrected chi connectivity index (χ4v) is 4.06. The quantitative estimate of drug-likeness (QED) is 0.480. The van der Waals surface area contributed by atoms with Gasteiger partial charge in [-0.2, -0.15) is 0 Å². The molecule has 1 aliphatic rings. The predicted molar refractivity (Wildman–Crippen MR) is 131 cm³/mol. The van der Waals surface area contributed by atoms with Gasteiger partial charge in [0.05, 0.1) is 17.6 Å². The highest BCUT2D eigenvalue weighted by Gasteiger charge is 2.23. The van der Waals surface area contributed by atoms with Crippen LogP contribution in [0.3, 0.4) is 0 Å². The van der Waals surface area contributed by atoms with E-state index in [4.69, 9.17) is 9.40 Å². The van der Waals surface area contributed by atoms with E-state index in [0.29, 0.717) is 40.5 Å². The molecule has 2 aromatic heterocycles. The number of hydrogen-bond donors (Lipinski definition) is 1. The maximum absolute atomic E-state index is 13.0. The molecule has 0 saturated carbocycles. The molecule has 0 bridgehead atoms. The van der Waals surface area contributed by atoms with Crippen LogP contribution in [-0.2, 0) is 0 Å². The van der Waals surface area contributed by atoms with Crippen molar-refractivity contribution in [2.75, 3.05) is 19.6 Å². The van der Waals surface area contributed by atoms with Crippen LogP contribution in [0.5, 0.6) is 0 Å². The van der Waals surface area contributed by atoms with E-state index < -0.39 is 0 Å². The van der Waals surface area contributed by atoms with Crippen LogP contribution in [0.15, 0.2) is 65.2 Å². The lowest BCUT2D eigenvalue weighted by Gasteiger charge is -2.33. The second-order valence-corrected chi connectivity index (χ2v) is 8.36. The lowest BCUT2D eigenvalue weighted by Crippen LogP contribution is -2.52. The maximum atomic E-state index is 13.0. The standard InChI is InChI=1S/C26H26N6O2.H2/c1-3-21-16-32(14-13-27-21)26(33)20-11-9-18(10-12-20)22-15-28-17(2)23(29-22)25-31-30-24(34-25)19-7-5-4-6-8-19;/h4-12,15,21,27H,3,13-14,16H2,1-2H3;1H. The third kappa shape index (κ3) is 4.45. The predicted octanol–water partition coefficient (Wildman–Crippen LogP) is 4.24. The Kier molecular flexibility index (Phi) is 6.14. The molecule has 174 valence electrons. The summed E-state index contributed by atoms with van der Waals surface area (Å²) in [5, 5.41) is 11.8. The van der Waals surface area contributed by atoms with E-state index in [9.17, 15) is 4.79 Å². The molecule has 1 fully saturated rings. The van der Waals surface area contributed by atoms with Crippen molar-refractivity contribution in [3.63, 3.8) is 0 Å². The lowest BCUT2D eigenvalue weighted by atomic mass is 10.1. The van der Waals surface area contributed by atoms with Crippen LogP contribution in [0.1, 0.15) is 30.8 Å². The molecule has 3 heterocycles. The van der Waals surface area contributed by atoms with Crippen molar-refractivity contribution in [1.82, 2.24) is 30.4 Å². The van der Waals surface area contributed by atoms with Gasteiger partial charge in [0, 0.05) is 43.8 Å². The van der Waals surface area contributed by atoms with Gasteiger partial charge in [-0.15, -0.1) is 10.2 Å². The number of rotatable bonds is 5. The first-order valence-electron chi connectivity index (χ1n) is 11.5. The Bertz CT molecular complexity index is 1290. The largest absolute Gasteiger partial charge is 0.415 e. The fourth-order valence-electron chi connectivity index (χ4n) is 4.06. The molecular weight excluding hydrogens is 428 g/mol. The molecular formula is C26H28N6O2. The van der Waals surface area contributed by atoms with Crippen LogP contribution >= 0.6 is 0 Å². The lowest BCUT2D eigenvalue weighted by molar-refractivity contribution is 0.0701. The van der Waals surface area contributed by atoms with Gasteiger partial charge in [0.2, 0.25) is 5.89 Å². The van der Waals surface area contributed by atoms with Crippen LogP contribution in [0.4, 0.5) is 0 Å². The summed E-state index contributed by atoms with van der Waals surface area (Å²) in [6.07, 6.45) is 2.72. The van der Waals surface area contributed by atoms with Crippen LogP contribution in [0.25, 0.3) is 34.3 Å². The number of piperazine rings is 1. The molecule has 8 nitrogen and oxygen atoms in total. The molecule has 1 unspecified atom stereocenters. The van der Waals surface area contributed by atoms with E-state index in [1.165, 1.54) is 0 Å². The van der Waals surface area contributed by atoms with Crippen molar-refractivity contribution in [3.05, 3.63) is 72.1 Å². The average Bonchev–Trinajstić information content (AvgIpc) is 3.39. The summed E-state index contributed by atoms with van der Waals surface area (Å²) in [5.74, 6) is 0.812. The Morgan fingerprint density at radius 3 is 2.62 bits per heavy atom. The number of benzene rings is 2. The van der Waals surface area contributed by atoms with E-state index in [-0.39, 0.29) is 7.33 Å². The Morgan fingerprint density at radius 1 is 1.09 bits per heavy atom. The Hall–Kier alpha value is -3.91. The zero-order valence-electron chi connectivity index (χ0n) is 19.2. The van der Waals surface area contributed by atoms with E-state index in [1.54, 1.807) is 6.20 Å². The highest BCUT2D eigenvalue weighted by molar-refractivity contribution is 5.94. The molecule has 0 aliphatic carbocycles.